The lowest BCUT2D eigenvalue weighted by atomic mass is 10.0. The van der Waals surface area contributed by atoms with Crippen LogP contribution >= 0.6 is 38.9 Å². The van der Waals surface area contributed by atoms with E-state index < -0.39 is 0 Å². The van der Waals surface area contributed by atoms with Gasteiger partial charge in [0.1, 0.15) is 12.4 Å². The minimum Gasteiger partial charge on any atom is -0.488 e. The van der Waals surface area contributed by atoms with Gasteiger partial charge < -0.3 is 10.5 Å². The van der Waals surface area contributed by atoms with Crippen molar-refractivity contribution in [3.63, 3.8) is 0 Å². The Kier molecular flexibility index (Phi) is 5.90. The molecule has 0 fully saturated rings. The summed E-state index contributed by atoms with van der Waals surface area (Å²) in [7, 11) is 0. The van der Waals surface area contributed by atoms with E-state index in [1.165, 1.54) is 0 Å². The molecule has 2 nitrogen and oxygen atoms in total. The van der Waals surface area contributed by atoms with Crippen molar-refractivity contribution in [1.29, 1.82) is 0 Å². The van der Waals surface area contributed by atoms with Crippen LogP contribution in [0.1, 0.15) is 23.8 Å². The number of halogens is 2. The lowest BCUT2D eigenvalue weighted by Gasteiger charge is -2.15. The second kappa shape index (κ2) is 7.46. The molecular weight excluding hydrogens is 358 g/mol. The van der Waals surface area contributed by atoms with Crippen molar-refractivity contribution in [1.82, 2.24) is 0 Å². The number of hydrogen-bond acceptors (Lipinski definition) is 3. The fourth-order valence-electron chi connectivity index (χ4n) is 1.85. The van der Waals surface area contributed by atoms with Crippen LogP contribution in [0.4, 0.5) is 0 Å². The first kappa shape index (κ1) is 15.8. The molecule has 2 N–H and O–H groups in total. The van der Waals surface area contributed by atoms with Crippen molar-refractivity contribution in [3.05, 3.63) is 49.6 Å². The summed E-state index contributed by atoms with van der Waals surface area (Å²) in [5.41, 5.74) is 7.03. The van der Waals surface area contributed by atoms with Crippen molar-refractivity contribution in [3.8, 4) is 5.75 Å². The lowest BCUT2D eigenvalue weighted by molar-refractivity contribution is 0.305. The minimum atomic E-state index is 0.103. The van der Waals surface area contributed by atoms with Crippen molar-refractivity contribution in [2.45, 2.75) is 32.4 Å². The summed E-state index contributed by atoms with van der Waals surface area (Å²) in [5, 5.41) is 2.76. The van der Waals surface area contributed by atoms with E-state index in [2.05, 4.69) is 22.9 Å². The highest BCUT2D eigenvalue weighted by Gasteiger charge is 2.12. The molecular formula is C15H17BrClNOS. The third-order valence-electron chi connectivity index (χ3n) is 3.12. The van der Waals surface area contributed by atoms with Crippen LogP contribution in [-0.2, 0) is 13.0 Å². The SMILES string of the molecule is CCC(N)Cc1c(Cl)cccc1OCc1sccc1Br. The van der Waals surface area contributed by atoms with Crippen LogP contribution in [0.5, 0.6) is 5.75 Å². The number of thiophene rings is 1. The van der Waals surface area contributed by atoms with E-state index in [0.717, 1.165) is 38.5 Å². The van der Waals surface area contributed by atoms with Crippen LogP contribution in [0.2, 0.25) is 5.02 Å². The van der Waals surface area contributed by atoms with Gasteiger partial charge in [-0.25, -0.2) is 0 Å². The van der Waals surface area contributed by atoms with Gasteiger partial charge >= 0.3 is 0 Å². The Hall–Kier alpha value is -0.550. The number of hydrogen-bond donors (Lipinski definition) is 1. The first-order chi connectivity index (χ1) is 9.61. The number of benzene rings is 1. The molecule has 1 atom stereocenters. The van der Waals surface area contributed by atoms with Crippen LogP contribution in [0.3, 0.4) is 0 Å². The molecule has 108 valence electrons. The molecule has 0 saturated heterocycles. The first-order valence-electron chi connectivity index (χ1n) is 6.49. The van der Waals surface area contributed by atoms with E-state index in [4.69, 9.17) is 22.1 Å². The first-order valence-corrected chi connectivity index (χ1v) is 8.54. The molecule has 0 bridgehead atoms. The highest BCUT2D eigenvalue weighted by molar-refractivity contribution is 9.10. The fourth-order valence-corrected chi connectivity index (χ4v) is 3.47. The average Bonchev–Trinajstić information content (AvgIpc) is 2.84. The van der Waals surface area contributed by atoms with Gasteiger partial charge in [0.2, 0.25) is 0 Å². The van der Waals surface area contributed by atoms with E-state index in [-0.39, 0.29) is 6.04 Å². The molecule has 2 aromatic rings. The second-order valence-electron chi connectivity index (χ2n) is 4.57. The Morgan fingerprint density at radius 1 is 1.40 bits per heavy atom. The van der Waals surface area contributed by atoms with Crippen molar-refractivity contribution < 1.29 is 4.74 Å². The average molecular weight is 375 g/mol. The van der Waals surface area contributed by atoms with E-state index in [0.29, 0.717) is 6.61 Å². The van der Waals surface area contributed by atoms with E-state index in [1.807, 2.05) is 29.6 Å². The van der Waals surface area contributed by atoms with Gasteiger partial charge in [-0.3, -0.25) is 0 Å². The maximum absolute atomic E-state index is 6.28. The van der Waals surface area contributed by atoms with Crippen LogP contribution in [-0.4, -0.2) is 6.04 Å². The molecule has 0 amide bonds. The predicted molar refractivity (Wildman–Crippen MR) is 89.8 cm³/mol. The van der Waals surface area contributed by atoms with Gasteiger partial charge in [-0.15, -0.1) is 11.3 Å². The molecule has 0 aliphatic carbocycles. The van der Waals surface area contributed by atoms with Crippen LogP contribution in [0.15, 0.2) is 34.1 Å². The summed E-state index contributed by atoms with van der Waals surface area (Å²) in [5.74, 6) is 0.821. The summed E-state index contributed by atoms with van der Waals surface area (Å²) in [6.07, 6.45) is 1.65. The molecule has 0 spiro atoms. The summed E-state index contributed by atoms with van der Waals surface area (Å²) < 4.78 is 7.01. The topological polar surface area (TPSA) is 35.2 Å². The zero-order valence-electron chi connectivity index (χ0n) is 11.2. The minimum absolute atomic E-state index is 0.103. The molecule has 0 saturated carbocycles. The Balaban J connectivity index is 2.14. The van der Waals surface area contributed by atoms with Gasteiger partial charge in [0, 0.05) is 21.1 Å². The zero-order chi connectivity index (χ0) is 14.5. The van der Waals surface area contributed by atoms with E-state index >= 15 is 0 Å². The molecule has 5 heteroatoms. The van der Waals surface area contributed by atoms with Crippen molar-refractivity contribution in [2.24, 2.45) is 5.73 Å². The van der Waals surface area contributed by atoms with Crippen LogP contribution < -0.4 is 10.5 Å². The molecule has 0 radical (unpaired) electrons. The van der Waals surface area contributed by atoms with Crippen molar-refractivity contribution >= 4 is 38.9 Å². The van der Waals surface area contributed by atoms with Crippen molar-refractivity contribution in [2.75, 3.05) is 0 Å². The van der Waals surface area contributed by atoms with Gasteiger partial charge in [0.15, 0.2) is 0 Å². The maximum Gasteiger partial charge on any atom is 0.124 e. The molecule has 20 heavy (non-hydrogen) atoms. The monoisotopic (exact) mass is 373 g/mol. The largest absolute Gasteiger partial charge is 0.488 e. The summed E-state index contributed by atoms with van der Waals surface area (Å²) in [6, 6.07) is 7.86. The maximum atomic E-state index is 6.28. The van der Waals surface area contributed by atoms with Gasteiger partial charge in [0.05, 0.1) is 4.88 Å². The molecule has 1 unspecified atom stereocenters. The predicted octanol–water partition coefficient (Wildman–Crippen LogP) is 5.02. The Morgan fingerprint density at radius 2 is 2.20 bits per heavy atom. The third-order valence-corrected chi connectivity index (χ3v) is 5.37. The standard InChI is InChI=1S/C15H17BrClNOS/c1-2-10(18)8-11-13(17)4-3-5-14(11)19-9-15-12(16)6-7-20-15/h3-7,10H,2,8-9,18H2,1H3. The smallest absolute Gasteiger partial charge is 0.124 e. The van der Waals surface area contributed by atoms with Crippen LogP contribution in [0, 0.1) is 0 Å². The van der Waals surface area contributed by atoms with Gasteiger partial charge in [-0.05, 0) is 52.4 Å². The van der Waals surface area contributed by atoms with Gasteiger partial charge in [-0.1, -0.05) is 24.6 Å². The molecule has 0 aliphatic heterocycles. The summed E-state index contributed by atoms with van der Waals surface area (Å²) >= 11 is 11.5. The normalized spacial score (nSPS) is 12.4. The molecule has 1 aromatic carbocycles. The zero-order valence-corrected chi connectivity index (χ0v) is 14.4. The fraction of sp³-hybridized carbons (Fsp3) is 0.333. The van der Waals surface area contributed by atoms with E-state index in [1.54, 1.807) is 11.3 Å². The van der Waals surface area contributed by atoms with E-state index in [9.17, 15) is 0 Å². The van der Waals surface area contributed by atoms with Gasteiger partial charge in [0.25, 0.3) is 0 Å². The molecule has 2 rings (SSSR count). The third kappa shape index (κ3) is 3.98. The Labute approximate surface area is 137 Å². The van der Waals surface area contributed by atoms with Gasteiger partial charge in [-0.2, -0.15) is 0 Å². The quantitative estimate of drug-likeness (QED) is 0.770. The molecule has 0 aliphatic rings. The second-order valence-corrected chi connectivity index (χ2v) is 6.83. The Bertz CT molecular complexity index is 573. The summed E-state index contributed by atoms with van der Waals surface area (Å²) in [6.45, 7) is 2.61. The number of rotatable bonds is 6. The molecule has 1 heterocycles. The number of ether oxygens (including phenoxy) is 1. The highest BCUT2D eigenvalue weighted by atomic mass is 79.9. The Morgan fingerprint density at radius 3 is 2.85 bits per heavy atom. The van der Waals surface area contributed by atoms with Crippen LogP contribution in [0.25, 0.3) is 0 Å². The number of nitrogens with two attached hydrogens (primary N) is 1. The lowest BCUT2D eigenvalue weighted by Crippen LogP contribution is -2.22. The summed E-state index contributed by atoms with van der Waals surface area (Å²) in [4.78, 5) is 1.16. The molecule has 1 aromatic heterocycles. The highest BCUT2D eigenvalue weighted by Crippen LogP contribution is 2.30.